The van der Waals surface area contributed by atoms with Crippen LogP contribution in [-0.2, 0) is 22.7 Å². The topological polar surface area (TPSA) is 91.2 Å². The summed E-state index contributed by atoms with van der Waals surface area (Å²) in [4.78, 5) is 36.6. The van der Waals surface area contributed by atoms with Crippen LogP contribution in [0.25, 0.3) is 10.9 Å². The van der Waals surface area contributed by atoms with Crippen molar-refractivity contribution < 1.29 is 14.3 Å². The van der Waals surface area contributed by atoms with E-state index in [-0.39, 0.29) is 18.9 Å². The predicted molar refractivity (Wildman–Crippen MR) is 104 cm³/mol. The molecule has 3 rings (SSSR count). The number of hydrogen-bond donors (Lipinski definition) is 0. The van der Waals surface area contributed by atoms with Gasteiger partial charge in [-0.3, -0.25) is 14.4 Å². The number of ether oxygens (including phenoxy) is 1. The molecular formula is C21H21N3O4. The van der Waals surface area contributed by atoms with Gasteiger partial charge in [-0.15, -0.1) is 5.10 Å². The quantitative estimate of drug-likeness (QED) is 0.500. The molecule has 0 unspecified atom stereocenters. The molecule has 0 atom stereocenters. The zero-order chi connectivity index (χ0) is 20.4. The van der Waals surface area contributed by atoms with Gasteiger partial charge in [-0.25, -0.2) is 0 Å². The fraction of sp³-hybridized carbons (Fsp3) is 0.286. The van der Waals surface area contributed by atoms with Crippen molar-refractivity contribution in [3.8, 4) is 0 Å². The highest BCUT2D eigenvalue weighted by Crippen LogP contribution is 2.23. The Morgan fingerprint density at radius 1 is 1.11 bits per heavy atom. The van der Waals surface area contributed by atoms with Crippen LogP contribution in [0.5, 0.6) is 0 Å². The molecule has 0 radical (unpaired) electrons. The van der Waals surface area contributed by atoms with Crippen LogP contribution in [0, 0.1) is 20.8 Å². The first-order chi connectivity index (χ1) is 13.3. The van der Waals surface area contributed by atoms with Gasteiger partial charge < -0.3 is 4.74 Å². The minimum Gasteiger partial charge on any atom is -0.459 e. The van der Waals surface area contributed by atoms with E-state index >= 15 is 0 Å². The average molecular weight is 379 g/mol. The van der Waals surface area contributed by atoms with Gasteiger partial charge in [-0.2, -0.15) is 4.68 Å². The first-order valence-electron chi connectivity index (χ1n) is 8.88. The second kappa shape index (κ2) is 7.72. The Bertz CT molecular complexity index is 1150. The molecule has 0 fully saturated rings. The minimum atomic E-state index is -0.601. The maximum absolute atomic E-state index is 12.4. The number of nitrogens with zero attached hydrogens (tertiary/aromatic N) is 3. The first-order valence-corrected chi connectivity index (χ1v) is 8.88. The molecule has 0 saturated carbocycles. The number of ketones is 1. The molecule has 1 heterocycles. The standard InChI is InChI=1S/C21H21N3O4/c1-12-9-13(2)20(15(4)25)14(3)17(12)11-28-19(26)10-24-21(27)16-7-5-6-8-18(16)22-23-24/h5-9H,10-11H2,1-4H3. The van der Waals surface area contributed by atoms with Crippen LogP contribution in [-0.4, -0.2) is 26.7 Å². The van der Waals surface area contributed by atoms with Crippen LogP contribution in [0.1, 0.15) is 39.5 Å². The normalized spacial score (nSPS) is 10.9. The zero-order valence-corrected chi connectivity index (χ0v) is 16.3. The Morgan fingerprint density at radius 2 is 1.82 bits per heavy atom. The summed E-state index contributed by atoms with van der Waals surface area (Å²) in [5.74, 6) is -0.629. The van der Waals surface area contributed by atoms with Crippen molar-refractivity contribution in [2.45, 2.75) is 40.8 Å². The number of carbonyl (C=O) groups excluding carboxylic acids is 2. The second-order valence-electron chi connectivity index (χ2n) is 6.78. The van der Waals surface area contributed by atoms with Gasteiger partial charge in [0.05, 0.1) is 5.39 Å². The first kappa shape index (κ1) is 19.4. The van der Waals surface area contributed by atoms with Crippen molar-refractivity contribution in [2.75, 3.05) is 0 Å². The van der Waals surface area contributed by atoms with Gasteiger partial charge in [0, 0.05) is 5.56 Å². The van der Waals surface area contributed by atoms with Crippen molar-refractivity contribution in [2.24, 2.45) is 0 Å². The van der Waals surface area contributed by atoms with Gasteiger partial charge >= 0.3 is 5.97 Å². The van der Waals surface area contributed by atoms with E-state index in [1.54, 1.807) is 24.3 Å². The molecule has 7 heteroatoms. The average Bonchev–Trinajstić information content (AvgIpc) is 2.63. The monoisotopic (exact) mass is 379 g/mol. The van der Waals surface area contributed by atoms with Gasteiger partial charge in [-0.05, 0) is 62.1 Å². The van der Waals surface area contributed by atoms with Crippen LogP contribution in [0.2, 0.25) is 0 Å². The van der Waals surface area contributed by atoms with Gasteiger partial charge in [-0.1, -0.05) is 23.4 Å². The molecule has 0 spiro atoms. The van der Waals surface area contributed by atoms with Crippen LogP contribution in [0.15, 0.2) is 35.1 Å². The Hall–Kier alpha value is -3.35. The van der Waals surface area contributed by atoms with Crippen LogP contribution >= 0.6 is 0 Å². The zero-order valence-electron chi connectivity index (χ0n) is 16.3. The predicted octanol–water partition coefficient (Wildman–Crippen LogP) is 2.66. The Balaban J connectivity index is 1.79. The molecule has 0 saturated heterocycles. The smallest absolute Gasteiger partial charge is 0.328 e. The molecule has 7 nitrogen and oxygen atoms in total. The van der Waals surface area contributed by atoms with Crippen LogP contribution < -0.4 is 5.56 Å². The van der Waals surface area contributed by atoms with Crippen molar-refractivity contribution in [1.82, 2.24) is 15.0 Å². The van der Waals surface area contributed by atoms with Crippen molar-refractivity contribution in [3.63, 3.8) is 0 Å². The van der Waals surface area contributed by atoms with Crippen molar-refractivity contribution >= 4 is 22.7 Å². The lowest BCUT2D eigenvalue weighted by atomic mass is 9.92. The van der Waals surface area contributed by atoms with Gasteiger partial charge in [0.25, 0.3) is 5.56 Å². The highest BCUT2D eigenvalue weighted by molar-refractivity contribution is 5.97. The van der Waals surface area contributed by atoms with E-state index < -0.39 is 11.5 Å². The maximum atomic E-state index is 12.4. The largest absolute Gasteiger partial charge is 0.459 e. The Labute approximate surface area is 161 Å². The molecule has 28 heavy (non-hydrogen) atoms. The lowest BCUT2D eigenvalue weighted by Crippen LogP contribution is -2.28. The summed E-state index contributed by atoms with van der Waals surface area (Å²) in [6.45, 7) is 6.85. The van der Waals surface area contributed by atoms with E-state index in [1.807, 2.05) is 26.8 Å². The number of esters is 1. The number of aromatic nitrogens is 3. The van der Waals surface area contributed by atoms with E-state index in [2.05, 4.69) is 10.3 Å². The molecule has 3 aromatic rings. The van der Waals surface area contributed by atoms with Gasteiger partial charge in [0.2, 0.25) is 0 Å². The maximum Gasteiger partial charge on any atom is 0.328 e. The molecule has 144 valence electrons. The summed E-state index contributed by atoms with van der Waals surface area (Å²) >= 11 is 0. The summed E-state index contributed by atoms with van der Waals surface area (Å²) in [5, 5.41) is 8.13. The minimum absolute atomic E-state index is 0.0207. The molecule has 0 N–H and O–H groups in total. The number of aryl methyl sites for hydroxylation is 2. The number of carbonyl (C=O) groups is 2. The third kappa shape index (κ3) is 3.69. The summed E-state index contributed by atoms with van der Waals surface area (Å²) in [7, 11) is 0. The van der Waals surface area contributed by atoms with E-state index in [0.717, 1.165) is 26.9 Å². The van der Waals surface area contributed by atoms with Crippen molar-refractivity contribution in [1.29, 1.82) is 0 Å². The Kier molecular flexibility index (Phi) is 5.35. The van der Waals surface area contributed by atoms with E-state index in [0.29, 0.717) is 16.5 Å². The molecule has 0 amide bonds. The third-order valence-corrected chi connectivity index (χ3v) is 4.77. The summed E-state index contributed by atoms with van der Waals surface area (Å²) in [6, 6.07) is 8.71. The molecule has 1 aromatic heterocycles. The van der Waals surface area contributed by atoms with E-state index in [9.17, 15) is 14.4 Å². The summed E-state index contributed by atoms with van der Waals surface area (Å²) in [6.07, 6.45) is 0. The van der Waals surface area contributed by atoms with Crippen molar-refractivity contribution in [3.05, 3.63) is 68.5 Å². The van der Waals surface area contributed by atoms with Crippen LogP contribution in [0.4, 0.5) is 0 Å². The van der Waals surface area contributed by atoms with Gasteiger partial charge in [0.1, 0.15) is 18.7 Å². The summed E-state index contributed by atoms with van der Waals surface area (Å²) < 4.78 is 6.34. The fourth-order valence-corrected chi connectivity index (χ4v) is 3.44. The van der Waals surface area contributed by atoms with Crippen LogP contribution in [0.3, 0.4) is 0 Å². The Morgan fingerprint density at radius 3 is 2.54 bits per heavy atom. The van der Waals surface area contributed by atoms with E-state index in [4.69, 9.17) is 4.74 Å². The second-order valence-corrected chi connectivity index (χ2v) is 6.78. The number of rotatable bonds is 5. The van der Waals surface area contributed by atoms with E-state index in [1.165, 1.54) is 6.92 Å². The molecule has 0 aliphatic heterocycles. The summed E-state index contributed by atoms with van der Waals surface area (Å²) in [5.41, 5.74) is 4.16. The number of fused-ring (bicyclic) bond motifs is 1. The number of benzene rings is 2. The third-order valence-electron chi connectivity index (χ3n) is 4.77. The molecule has 0 bridgehead atoms. The highest BCUT2D eigenvalue weighted by Gasteiger charge is 2.16. The molecular weight excluding hydrogens is 358 g/mol. The fourth-order valence-electron chi connectivity index (χ4n) is 3.44. The SMILES string of the molecule is CC(=O)c1c(C)cc(C)c(COC(=O)Cn2nnc3ccccc3c2=O)c1C. The number of Topliss-reactive ketones (excluding diaryl/α,β-unsaturated/α-hetero) is 1. The number of hydrogen-bond acceptors (Lipinski definition) is 6. The molecule has 0 aliphatic carbocycles. The van der Waals surface area contributed by atoms with Gasteiger partial charge in [0.15, 0.2) is 5.78 Å². The molecule has 2 aromatic carbocycles. The lowest BCUT2D eigenvalue weighted by molar-refractivity contribution is -0.146. The lowest BCUT2D eigenvalue weighted by Gasteiger charge is -2.16. The highest BCUT2D eigenvalue weighted by atomic mass is 16.5. The molecule has 0 aliphatic rings.